The Kier molecular flexibility index (Phi) is 4.61. The fourth-order valence-corrected chi connectivity index (χ4v) is 5.04. The van der Waals surface area contributed by atoms with Gasteiger partial charge in [0.2, 0.25) is 5.91 Å². The van der Waals surface area contributed by atoms with Gasteiger partial charge in [-0.25, -0.2) is 0 Å². The van der Waals surface area contributed by atoms with Crippen LogP contribution in [0.2, 0.25) is 0 Å². The predicted molar refractivity (Wildman–Crippen MR) is 78.3 cm³/mol. The lowest BCUT2D eigenvalue weighted by atomic mass is 9.51. The summed E-state index contributed by atoms with van der Waals surface area (Å²) in [6.07, 6.45) is 6.72. The van der Waals surface area contributed by atoms with Gasteiger partial charge < -0.3 is 15.4 Å². The zero-order valence-electron chi connectivity index (χ0n) is 12.6. The summed E-state index contributed by atoms with van der Waals surface area (Å²) in [5.74, 6) is 3.91. The van der Waals surface area contributed by atoms with Crippen molar-refractivity contribution in [3.63, 3.8) is 0 Å². The zero-order chi connectivity index (χ0) is 13.9. The lowest BCUT2D eigenvalue weighted by Crippen LogP contribution is -2.51. The fourth-order valence-electron chi connectivity index (χ4n) is 5.04. The Balaban J connectivity index is 1.41. The highest BCUT2D eigenvalue weighted by Gasteiger charge is 2.50. The van der Waals surface area contributed by atoms with Gasteiger partial charge in [-0.2, -0.15) is 0 Å². The number of hydrogen-bond donors (Lipinski definition) is 2. The number of carbonyl (C=O) groups excluding carboxylic acids is 1. The lowest BCUT2D eigenvalue weighted by molar-refractivity contribution is -0.138. The smallest absolute Gasteiger partial charge is 0.223 e. The summed E-state index contributed by atoms with van der Waals surface area (Å²) in [4.78, 5) is 12.5. The van der Waals surface area contributed by atoms with Crippen molar-refractivity contribution in [2.45, 2.75) is 32.1 Å². The van der Waals surface area contributed by atoms with E-state index < -0.39 is 0 Å². The minimum absolute atomic E-state index is 0.321. The topological polar surface area (TPSA) is 50.4 Å². The van der Waals surface area contributed by atoms with Gasteiger partial charge in [0.1, 0.15) is 0 Å². The fraction of sp³-hybridized carbons (Fsp3) is 0.938. The second kappa shape index (κ2) is 6.44. The first-order valence-corrected chi connectivity index (χ1v) is 8.25. The number of carbonyl (C=O) groups is 1. The molecule has 0 aliphatic heterocycles. The Morgan fingerprint density at radius 3 is 2.25 bits per heavy atom. The molecule has 4 bridgehead atoms. The van der Waals surface area contributed by atoms with Crippen LogP contribution in [0.5, 0.6) is 0 Å². The van der Waals surface area contributed by atoms with E-state index in [1.807, 2.05) is 0 Å². The molecule has 1 amide bonds. The Labute approximate surface area is 122 Å². The second-order valence-corrected chi connectivity index (χ2v) is 6.99. The van der Waals surface area contributed by atoms with Gasteiger partial charge in [-0.3, -0.25) is 4.79 Å². The number of nitrogens with one attached hydrogen (secondary N) is 2. The summed E-state index contributed by atoms with van der Waals surface area (Å²) in [5.41, 5.74) is 0. The van der Waals surface area contributed by atoms with Gasteiger partial charge >= 0.3 is 0 Å². The van der Waals surface area contributed by atoms with Crippen molar-refractivity contribution in [2.24, 2.45) is 29.6 Å². The molecule has 0 saturated heterocycles. The number of rotatable bonds is 7. The molecule has 0 atom stereocenters. The van der Waals surface area contributed by atoms with Crippen LogP contribution >= 0.6 is 0 Å². The SMILES string of the molecule is COCCNCCNC(=O)C1C2CC3CC(C2)CC1C3. The van der Waals surface area contributed by atoms with Crippen molar-refractivity contribution < 1.29 is 9.53 Å². The van der Waals surface area contributed by atoms with Crippen LogP contribution in [0, 0.1) is 29.6 Å². The third kappa shape index (κ3) is 3.01. The number of ether oxygens (including phenoxy) is 1. The third-order valence-electron chi connectivity index (χ3n) is 5.61. The molecule has 0 aromatic rings. The first-order valence-electron chi connectivity index (χ1n) is 8.25. The van der Waals surface area contributed by atoms with Gasteiger partial charge in [0.25, 0.3) is 0 Å². The highest BCUT2D eigenvalue weighted by molar-refractivity contribution is 5.79. The van der Waals surface area contributed by atoms with Crippen molar-refractivity contribution in [1.29, 1.82) is 0 Å². The van der Waals surface area contributed by atoms with Crippen LogP contribution in [-0.2, 0) is 9.53 Å². The molecule has 4 saturated carbocycles. The molecule has 2 N–H and O–H groups in total. The van der Waals surface area contributed by atoms with E-state index in [0.29, 0.717) is 23.7 Å². The monoisotopic (exact) mass is 280 g/mol. The van der Waals surface area contributed by atoms with Gasteiger partial charge in [-0.05, 0) is 55.8 Å². The summed E-state index contributed by atoms with van der Waals surface area (Å²) < 4.78 is 4.98. The first-order chi connectivity index (χ1) is 9.78. The van der Waals surface area contributed by atoms with Crippen molar-refractivity contribution in [1.82, 2.24) is 10.6 Å². The molecule has 4 aliphatic carbocycles. The van der Waals surface area contributed by atoms with Crippen LogP contribution < -0.4 is 10.6 Å². The van der Waals surface area contributed by atoms with Crippen LogP contribution in [0.25, 0.3) is 0 Å². The van der Waals surface area contributed by atoms with E-state index in [1.165, 1.54) is 32.1 Å². The maximum absolute atomic E-state index is 12.5. The maximum atomic E-state index is 12.5. The molecule has 0 radical (unpaired) electrons. The molecule has 4 fully saturated rings. The normalized spacial score (nSPS) is 38.1. The Morgan fingerprint density at radius 2 is 1.65 bits per heavy atom. The Hall–Kier alpha value is -0.610. The highest BCUT2D eigenvalue weighted by Crippen LogP contribution is 2.56. The van der Waals surface area contributed by atoms with E-state index in [0.717, 1.165) is 38.1 Å². The van der Waals surface area contributed by atoms with E-state index >= 15 is 0 Å². The van der Waals surface area contributed by atoms with Crippen LogP contribution in [0.1, 0.15) is 32.1 Å². The molecule has 4 heteroatoms. The van der Waals surface area contributed by atoms with Crippen LogP contribution in [0.3, 0.4) is 0 Å². The molecule has 0 heterocycles. The van der Waals surface area contributed by atoms with Crippen LogP contribution in [0.15, 0.2) is 0 Å². The van der Waals surface area contributed by atoms with Crippen molar-refractivity contribution in [3.8, 4) is 0 Å². The van der Waals surface area contributed by atoms with E-state index in [9.17, 15) is 4.79 Å². The number of amides is 1. The molecular weight excluding hydrogens is 252 g/mol. The molecule has 4 nitrogen and oxygen atoms in total. The molecule has 4 rings (SSSR count). The number of hydrogen-bond acceptors (Lipinski definition) is 3. The van der Waals surface area contributed by atoms with Crippen LogP contribution in [0.4, 0.5) is 0 Å². The molecule has 20 heavy (non-hydrogen) atoms. The minimum Gasteiger partial charge on any atom is -0.383 e. The Bertz CT molecular complexity index is 317. The van der Waals surface area contributed by atoms with E-state index in [2.05, 4.69) is 10.6 Å². The average Bonchev–Trinajstić information content (AvgIpc) is 2.41. The molecule has 4 aliphatic rings. The zero-order valence-corrected chi connectivity index (χ0v) is 12.6. The van der Waals surface area contributed by atoms with E-state index in [-0.39, 0.29) is 0 Å². The average molecular weight is 280 g/mol. The van der Waals surface area contributed by atoms with Crippen molar-refractivity contribution in [2.75, 3.05) is 33.4 Å². The molecular formula is C16H28N2O2. The van der Waals surface area contributed by atoms with Gasteiger partial charge in [0, 0.05) is 32.7 Å². The van der Waals surface area contributed by atoms with Gasteiger partial charge in [-0.15, -0.1) is 0 Å². The minimum atomic E-state index is 0.321. The van der Waals surface area contributed by atoms with Gasteiger partial charge in [0.05, 0.1) is 6.61 Å². The lowest BCUT2D eigenvalue weighted by Gasteiger charge is -2.53. The third-order valence-corrected chi connectivity index (χ3v) is 5.61. The van der Waals surface area contributed by atoms with E-state index in [1.54, 1.807) is 7.11 Å². The summed E-state index contributed by atoms with van der Waals surface area (Å²) in [5, 5.41) is 6.41. The predicted octanol–water partition coefficient (Wildman–Crippen LogP) is 1.41. The molecule has 0 unspecified atom stereocenters. The summed E-state index contributed by atoms with van der Waals surface area (Å²) in [6.45, 7) is 3.15. The standard InChI is InChI=1S/C16H28N2O2/c1-20-5-4-17-2-3-18-16(19)15-13-7-11-6-12(9-13)10-14(15)8-11/h11-15,17H,2-10H2,1H3,(H,18,19). The van der Waals surface area contributed by atoms with Gasteiger partial charge in [0.15, 0.2) is 0 Å². The summed E-state index contributed by atoms with van der Waals surface area (Å²) in [6, 6.07) is 0. The van der Waals surface area contributed by atoms with Crippen molar-refractivity contribution in [3.05, 3.63) is 0 Å². The highest BCUT2D eigenvalue weighted by atomic mass is 16.5. The van der Waals surface area contributed by atoms with Crippen molar-refractivity contribution >= 4 is 5.91 Å². The molecule has 114 valence electrons. The van der Waals surface area contributed by atoms with E-state index in [4.69, 9.17) is 4.74 Å². The molecule has 0 spiro atoms. The Morgan fingerprint density at radius 1 is 1.00 bits per heavy atom. The largest absolute Gasteiger partial charge is 0.383 e. The second-order valence-electron chi connectivity index (χ2n) is 6.99. The number of methoxy groups -OCH3 is 1. The molecule has 0 aromatic carbocycles. The van der Waals surface area contributed by atoms with Crippen LogP contribution in [-0.4, -0.2) is 39.3 Å². The molecule has 0 aromatic heterocycles. The summed E-state index contributed by atoms with van der Waals surface area (Å²) in [7, 11) is 1.70. The van der Waals surface area contributed by atoms with Gasteiger partial charge in [-0.1, -0.05) is 0 Å². The maximum Gasteiger partial charge on any atom is 0.223 e. The quantitative estimate of drug-likeness (QED) is 0.693. The summed E-state index contributed by atoms with van der Waals surface area (Å²) >= 11 is 0. The first kappa shape index (κ1) is 14.3.